The number of pyridine rings is 1. The van der Waals surface area contributed by atoms with E-state index in [-0.39, 0.29) is 29.7 Å². The third-order valence-corrected chi connectivity index (χ3v) is 6.40. The Bertz CT molecular complexity index is 1390. The molecule has 3 atom stereocenters. The van der Waals surface area contributed by atoms with Crippen molar-refractivity contribution in [2.75, 3.05) is 10.6 Å². The van der Waals surface area contributed by atoms with Gasteiger partial charge in [-0.25, -0.2) is 9.78 Å². The van der Waals surface area contributed by atoms with Gasteiger partial charge in [-0.3, -0.25) is 4.79 Å². The maximum absolute atomic E-state index is 12.9. The Balaban J connectivity index is 1.13. The molecule has 2 aliphatic heterocycles. The van der Waals surface area contributed by atoms with Crippen molar-refractivity contribution in [3.05, 3.63) is 71.4 Å². The Morgan fingerprint density at radius 2 is 2.00 bits per heavy atom. The zero-order valence-electron chi connectivity index (χ0n) is 18.6. The highest BCUT2D eigenvalue weighted by Gasteiger charge is 2.59. The van der Waals surface area contributed by atoms with Gasteiger partial charge in [0.1, 0.15) is 29.2 Å². The lowest BCUT2D eigenvalue weighted by molar-refractivity contribution is -0.137. The molecule has 3 aromatic rings. The number of alkyl halides is 3. The van der Waals surface area contributed by atoms with Gasteiger partial charge in [0.25, 0.3) is 0 Å². The van der Waals surface area contributed by atoms with Crippen LogP contribution in [0.25, 0.3) is 0 Å². The van der Waals surface area contributed by atoms with Crippen LogP contribution < -0.4 is 25.4 Å². The third kappa shape index (κ3) is 4.06. The van der Waals surface area contributed by atoms with E-state index in [1.807, 2.05) is 6.07 Å². The molecule has 1 fully saturated rings. The summed E-state index contributed by atoms with van der Waals surface area (Å²) in [6.45, 7) is 0. The first kappa shape index (κ1) is 22.2. The molecule has 0 unspecified atom stereocenters. The number of amides is 3. The molecule has 0 radical (unpaired) electrons. The molecule has 8 nitrogen and oxygen atoms in total. The first-order chi connectivity index (χ1) is 17.3. The van der Waals surface area contributed by atoms with Crippen LogP contribution in [0.1, 0.15) is 29.0 Å². The van der Waals surface area contributed by atoms with Crippen LogP contribution in [0, 0.1) is 0 Å². The zero-order valence-corrected chi connectivity index (χ0v) is 18.6. The molecule has 1 saturated carbocycles. The largest absolute Gasteiger partial charge is 0.487 e. The second kappa shape index (κ2) is 8.14. The predicted molar refractivity (Wildman–Crippen MR) is 122 cm³/mol. The molecule has 3 amide bonds. The number of nitrogens with zero attached hydrogens (tertiary/aromatic N) is 1. The van der Waals surface area contributed by atoms with Gasteiger partial charge in [0.05, 0.1) is 17.5 Å². The van der Waals surface area contributed by atoms with Crippen LogP contribution in [0.4, 0.5) is 29.5 Å². The van der Waals surface area contributed by atoms with Gasteiger partial charge < -0.3 is 25.4 Å². The number of rotatable bonds is 4. The summed E-state index contributed by atoms with van der Waals surface area (Å²) in [6, 6.07) is 10.7. The highest BCUT2D eigenvalue weighted by atomic mass is 19.4. The van der Waals surface area contributed by atoms with Crippen LogP contribution in [-0.4, -0.2) is 29.1 Å². The Labute approximate surface area is 202 Å². The van der Waals surface area contributed by atoms with E-state index in [9.17, 15) is 22.8 Å². The topological polar surface area (TPSA) is 102 Å². The molecule has 3 aliphatic rings. The summed E-state index contributed by atoms with van der Waals surface area (Å²) in [5.41, 5.74) is 0.898. The normalized spacial score (nSPS) is 21.3. The molecule has 11 heteroatoms. The SMILES string of the molecule is O=C1CCc2c(Oc3ccc4c(c3)[C@@H]3[C@@H](NC(=O)Nc5cccc(C(F)(F)F)c5)[C@H]3O4)ccnc2N1. The van der Waals surface area contributed by atoms with Crippen molar-refractivity contribution in [1.29, 1.82) is 0 Å². The molecule has 1 aromatic heterocycles. The second-order valence-corrected chi connectivity index (χ2v) is 8.80. The molecule has 6 rings (SSSR count). The zero-order chi connectivity index (χ0) is 25.0. The Morgan fingerprint density at radius 1 is 1.14 bits per heavy atom. The first-order valence-corrected chi connectivity index (χ1v) is 11.3. The van der Waals surface area contributed by atoms with Crippen LogP contribution in [-0.2, 0) is 17.4 Å². The monoisotopic (exact) mass is 496 g/mol. The summed E-state index contributed by atoms with van der Waals surface area (Å²) in [4.78, 5) is 28.3. The van der Waals surface area contributed by atoms with Gasteiger partial charge >= 0.3 is 12.2 Å². The van der Waals surface area contributed by atoms with Crippen molar-refractivity contribution in [1.82, 2.24) is 10.3 Å². The van der Waals surface area contributed by atoms with Gasteiger partial charge in [-0.05, 0) is 48.9 Å². The van der Waals surface area contributed by atoms with E-state index in [0.717, 1.165) is 23.3 Å². The van der Waals surface area contributed by atoms with Crippen LogP contribution in [0.15, 0.2) is 54.7 Å². The maximum Gasteiger partial charge on any atom is 0.416 e. The number of ether oxygens (including phenoxy) is 2. The lowest BCUT2D eigenvalue weighted by Crippen LogP contribution is -2.34. The number of nitrogens with one attached hydrogen (secondary N) is 3. The van der Waals surface area contributed by atoms with Crippen LogP contribution in [0.2, 0.25) is 0 Å². The van der Waals surface area contributed by atoms with Gasteiger partial charge in [0, 0.05) is 29.4 Å². The van der Waals surface area contributed by atoms with Crippen LogP contribution in [0.5, 0.6) is 17.2 Å². The molecule has 0 bridgehead atoms. The van der Waals surface area contributed by atoms with Crippen molar-refractivity contribution in [2.24, 2.45) is 0 Å². The lowest BCUT2D eigenvalue weighted by atomic mass is 10.1. The number of carbonyl (C=O) groups excluding carboxylic acids is 2. The number of hydrogen-bond acceptors (Lipinski definition) is 5. The van der Waals surface area contributed by atoms with E-state index < -0.39 is 17.8 Å². The molecule has 1 aliphatic carbocycles. The number of aromatic nitrogens is 1. The fourth-order valence-corrected chi connectivity index (χ4v) is 4.65. The smallest absolute Gasteiger partial charge is 0.416 e. The summed E-state index contributed by atoms with van der Waals surface area (Å²) in [5.74, 6) is 2.17. The number of benzene rings is 2. The van der Waals surface area contributed by atoms with E-state index >= 15 is 0 Å². The van der Waals surface area contributed by atoms with Crippen molar-refractivity contribution >= 4 is 23.4 Å². The standard InChI is InChI=1S/C25H19F3N4O4/c26-25(27,28)12-2-1-3-13(10-12)30-24(34)32-21-20-16-11-14(4-6-17(16)36-22(20)21)35-18-8-9-29-23-15(18)5-7-19(33)31-23/h1-4,6,8-11,20-22H,5,7H2,(H,29,31,33)(H2,30,32,34)/t20-,21-,22+/m1/s1. The fourth-order valence-electron chi connectivity index (χ4n) is 4.65. The minimum Gasteiger partial charge on any atom is -0.487 e. The molecular weight excluding hydrogens is 477 g/mol. The first-order valence-electron chi connectivity index (χ1n) is 11.3. The summed E-state index contributed by atoms with van der Waals surface area (Å²) in [7, 11) is 0. The van der Waals surface area contributed by atoms with E-state index in [0.29, 0.717) is 35.9 Å². The molecule has 184 valence electrons. The number of anilines is 2. The number of halogens is 3. The quantitative estimate of drug-likeness (QED) is 0.481. The van der Waals surface area contributed by atoms with Crippen LogP contribution >= 0.6 is 0 Å². The summed E-state index contributed by atoms with van der Waals surface area (Å²) in [5, 5.41) is 7.96. The van der Waals surface area contributed by atoms with Crippen LogP contribution in [0.3, 0.4) is 0 Å². The average Bonchev–Trinajstić information content (AvgIpc) is 3.34. The van der Waals surface area contributed by atoms with Crippen molar-refractivity contribution in [2.45, 2.75) is 37.1 Å². The van der Waals surface area contributed by atoms with Gasteiger partial charge in [-0.1, -0.05) is 6.07 Å². The minimum atomic E-state index is -4.50. The molecule has 2 aromatic carbocycles. The van der Waals surface area contributed by atoms with E-state index in [1.165, 1.54) is 12.1 Å². The highest BCUT2D eigenvalue weighted by molar-refractivity contribution is 5.93. The minimum absolute atomic E-state index is 0.0435. The second-order valence-electron chi connectivity index (χ2n) is 8.80. The summed E-state index contributed by atoms with van der Waals surface area (Å²) >= 11 is 0. The molecule has 3 N–H and O–H groups in total. The molecule has 0 saturated heterocycles. The van der Waals surface area contributed by atoms with E-state index in [4.69, 9.17) is 9.47 Å². The van der Waals surface area contributed by atoms with Gasteiger partial charge in [0.2, 0.25) is 5.91 Å². The third-order valence-electron chi connectivity index (χ3n) is 6.40. The van der Waals surface area contributed by atoms with E-state index in [2.05, 4.69) is 20.9 Å². The van der Waals surface area contributed by atoms with Crippen molar-refractivity contribution in [3.63, 3.8) is 0 Å². The predicted octanol–water partition coefficient (Wildman–Crippen LogP) is 4.83. The Morgan fingerprint density at radius 3 is 2.83 bits per heavy atom. The Kier molecular flexibility index (Phi) is 5.02. The number of urea groups is 1. The lowest BCUT2D eigenvalue weighted by Gasteiger charge is -2.19. The number of fused-ring (bicyclic) bond motifs is 4. The molecular formula is C25H19F3N4O4. The highest BCUT2D eigenvalue weighted by Crippen LogP contribution is 2.54. The summed E-state index contributed by atoms with van der Waals surface area (Å²) in [6.07, 6.45) is -2.31. The Hall–Kier alpha value is -4.28. The molecule has 3 heterocycles. The average molecular weight is 496 g/mol. The van der Waals surface area contributed by atoms with Crippen molar-refractivity contribution in [3.8, 4) is 17.2 Å². The number of hydrogen-bond donors (Lipinski definition) is 3. The maximum atomic E-state index is 12.9. The number of carbonyl (C=O) groups is 2. The van der Waals surface area contributed by atoms with Gasteiger partial charge in [0.15, 0.2) is 0 Å². The van der Waals surface area contributed by atoms with Gasteiger partial charge in [-0.2, -0.15) is 13.2 Å². The molecule has 0 spiro atoms. The van der Waals surface area contributed by atoms with Gasteiger partial charge in [-0.15, -0.1) is 0 Å². The molecule has 36 heavy (non-hydrogen) atoms. The fraction of sp³-hybridized carbons (Fsp3) is 0.240. The van der Waals surface area contributed by atoms with Crippen molar-refractivity contribution < 1.29 is 32.2 Å². The summed E-state index contributed by atoms with van der Waals surface area (Å²) < 4.78 is 50.8. The van der Waals surface area contributed by atoms with E-state index in [1.54, 1.807) is 24.4 Å².